The molecule has 2 bridgehead atoms. The lowest BCUT2D eigenvalue weighted by molar-refractivity contribution is -0.148. The molecule has 2 unspecified atom stereocenters. The molecule has 4 aliphatic rings. The molecule has 2 heterocycles. The smallest absolute Gasteiger partial charge is 0.303 e. The van der Waals surface area contributed by atoms with Crippen LogP contribution in [0.25, 0.3) is 0 Å². The van der Waals surface area contributed by atoms with Crippen LogP contribution >= 0.6 is 11.8 Å². The van der Waals surface area contributed by atoms with Gasteiger partial charge in [0.2, 0.25) is 0 Å². The van der Waals surface area contributed by atoms with Crippen LogP contribution < -0.4 is 4.74 Å². The lowest BCUT2D eigenvalue weighted by Crippen LogP contribution is -2.57. The highest BCUT2D eigenvalue weighted by atomic mass is 32.2. The SMILES string of the molecule is COc1ccc(SC2CC3CCC(C2)N3C[C@@H](C)[C@@H]2CC[C@@H](C)[C@]3(O)[C][C@@H](OC(C)=O)C(C)=C[C@H]23)cc1. The first-order valence-electron chi connectivity index (χ1n) is 14.1. The van der Waals surface area contributed by atoms with Crippen molar-refractivity contribution in [3.05, 3.63) is 42.3 Å². The number of esters is 1. The second kappa shape index (κ2) is 10.9. The predicted molar refractivity (Wildman–Crippen MR) is 147 cm³/mol. The maximum absolute atomic E-state index is 11.8. The molecule has 1 saturated carbocycles. The zero-order chi connectivity index (χ0) is 26.3. The van der Waals surface area contributed by atoms with Gasteiger partial charge in [-0.3, -0.25) is 9.69 Å². The maximum atomic E-state index is 11.8. The number of carbonyl (C=O) groups is 1. The van der Waals surface area contributed by atoms with Gasteiger partial charge in [-0.25, -0.2) is 0 Å². The predicted octanol–water partition coefficient (Wildman–Crippen LogP) is 5.79. The molecule has 3 fully saturated rings. The summed E-state index contributed by atoms with van der Waals surface area (Å²) in [5.74, 6) is 1.59. The Morgan fingerprint density at radius 1 is 1.19 bits per heavy atom. The van der Waals surface area contributed by atoms with Gasteiger partial charge in [-0.15, -0.1) is 11.8 Å². The van der Waals surface area contributed by atoms with Gasteiger partial charge in [-0.2, -0.15) is 0 Å². The number of hydrogen-bond acceptors (Lipinski definition) is 6. The lowest BCUT2D eigenvalue weighted by Gasteiger charge is -2.53. The topological polar surface area (TPSA) is 59.0 Å². The van der Waals surface area contributed by atoms with E-state index in [1.807, 2.05) is 18.7 Å². The Hall–Kier alpha value is -1.50. The molecule has 1 aromatic rings. The van der Waals surface area contributed by atoms with Gasteiger partial charge >= 0.3 is 5.97 Å². The summed E-state index contributed by atoms with van der Waals surface area (Å²) < 4.78 is 10.8. The van der Waals surface area contributed by atoms with Crippen LogP contribution in [0.2, 0.25) is 0 Å². The van der Waals surface area contributed by atoms with Gasteiger partial charge in [0, 0.05) is 41.6 Å². The zero-order valence-electron chi connectivity index (χ0n) is 23.0. The van der Waals surface area contributed by atoms with Crippen molar-refractivity contribution >= 4 is 17.7 Å². The number of methoxy groups -OCH3 is 1. The Balaban J connectivity index is 1.24. The fraction of sp³-hybridized carbons (Fsp3) is 0.677. The number of fused-ring (bicyclic) bond motifs is 3. The highest BCUT2D eigenvalue weighted by Gasteiger charge is 2.54. The lowest BCUT2D eigenvalue weighted by atomic mass is 9.57. The van der Waals surface area contributed by atoms with Crippen LogP contribution in [0.15, 0.2) is 40.8 Å². The van der Waals surface area contributed by atoms with Crippen LogP contribution in [0.4, 0.5) is 0 Å². The van der Waals surface area contributed by atoms with Crippen molar-refractivity contribution in [3.8, 4) is 5.75 Å². The molecule has 1 N–H and O–H groups in total. The molecule has 2 aliphatic carbocycles. The first-order chi connectivity index (χ1) is 17.7. The van der Waals surface area contributed by atoms with E-state index in [1.165, 1.54) is 37.5 Å². The Morgan fingerprint density at radius 2 is 1.86 bits per heavy atom. The summed E-state index contributed by atoms with van der Waals surface area (Å²) >= 11 is 2.03. The number of aliphatic hydroxyl groups is 1. The number of carbonyl (C=O) groups excluding carboxylic acids is 1. The van der Waals surface area contributed by atoms with E-state index in [1.54, 1.807) is 7.11 Å². The van der Waals surface area contributed by atoms with Crippen molar-refractivity contribution in [2.45, 2.75) is 100 Å². The van der Waals surface area contributed by atoms with E-state index in [0.717, 1.165) is 30.7 Å². The molecule has 0 spiro atoms. The van der Waals surface area contributed by atoms with Gasteiger partial charge in [0.15, 0.2) is 0 Å². The molecule has 2 saturated heterocycles. The molecule has 5 rings (SSSR count). The van der Waals surface area contributed by atoms with Crippen molar-refractivity contribution < 1.29 is 19.4 Å². The molecule has 1 aromatic carbocycles. The summed E-state index contributed by atoms with van der Waals surface area (Å²) in [6, 6.07) is 9.81. The van der Waals surface area contributed by atoms with Crippen LogP contribution in [0.3, 0.4) is 0 Å². The number of ether oxygens (including phenoxy) is 2. The van der Waals surface area contributed by atoms with Crippen LogP contribution in [-0.4, -0.2) is 58.7 Å². The number of nitrogens with zero attached hydrogens (tertiary/aromatic N) is 1. The summed E-state index contributed by atoms with van der Waals surface area (Å²) in [7, 11) is 1.72. The Bertz CT molecular complexity index is 981. The second-order valence-electron chi connectivity index (χ2n) is 12.0. The molecule has 202 valence electrons. The zero-order valence-corrected chi connectivity index (χ0v) is 23.8. The van der Waals surface area contributed by atoms with Crippen molar-refractivity contribution in [2.24, 2.45) is 23.7 Å². The van der Waals surface area contributed by atoms with Gasteiger partial charge in [0.05, 0.1) is 19.1 Å². The fourth-order valence-electron chi connectivity index (χ4n) is 7.54. The monoisotopic (exact) mass is 525 g/mol. The minimum atomic E-state index is -1.04. The number of piperidine rings is 1. The summed E-state index contributed by atoms with van der Waals surface area (Å²) in [6.45, 7) is 9.03. The van der Waals surface area contributed by atoms with E-state index >= 15 is 0 Å². The molecule has 2 radical (unpaired) electrons. The molecule has 2 aliphatic heterocycles. The average molecular weight is 526 g/mol. The molecular weight excluding hydrogens is 482 g/mol. The number of rotatable bonds is 7. The van der Waals surface area contributed by atoms with Crippen molar-refractivity contribution in [3.63, 3.8) is 0 Å². The van der Waals surface area contributed by atoms with Gasteiger partial charge in [0.1, 0.15) is 11.9 Å². The first kappa shape index (κ1) is 27.1. The molecule has 0 amide bonds. The third-order valence-corrected chi connectivity index (χ3v) is 10.9. The molecule has 8 atom stereocenters. The third-order valence-electron chi connectivity index (χ3n) is 9.59. The number of hydrogen-bond donors (Lipinski definition) is 1. The minimum absolute atomic E-state index is 0.0267. The molecule has 37 heavy (non-hydrogen) atoms. The molecule has 6 heteroatoms. The van der Waals surface area contributed by atoms with Crippen LogP contribution in [-0.2, 0) is 9.53 Å². The van der Waals surface area contributed by atoms with Crippen molar-refractivity contribution in [1.82, 2.24) is 4.90 Å². The highest BCUT2D eigenvalue weighted by molar-refractivity contribution is 8.00. The maximum Gasteiger partial charge on any atom is 0.303 e. The minimum Gasteiger partial charge on any atom is -0.497 e. The molecule has 5 nitrogen and oxygen atoms in total. The Morgan fingerprint density at radius 3 is 2.49 bits per heavy atom. The van der Waals surface area contributed by atoms with E-state index in [0.29, 0.717) is 29.2 Å². The van der Waals surface area contributed by atoms with E-state index < -0.39 is 11.7 Å². The summed E-state index contributed by atoms with van der Waals surface area (Å²) in [5, 5.41) is 12.5. The summed E-state index contributed by atoms with van der Waals surface area (Å²) in [5.41, 5.74) is -0.0507. The van der Waals surface area contributed by atoms with Crippen molar-refractivity contribution in [1.29, 1.82) is 0 Å². The average Bonchev–Trinajstić information content (AvgIpc) is 3.08. The van der Waals surface area contributed by atoms with Gasteiger partial charge in [0.25, 0.3) is 0 Å². The van der Waals surface area contributed by atoms with Gasteiger partial charge < -0.3 is 14.6 Å². The van der Waals surface area contributed by atoms with Crippen molar-refractivity contribution in [2.75, 3.05) is 13.7 Å². The number of benzene rings is 1. The number of thioether (sulfide) groups is 1. The van der Waals surface area contributed by atoms with E-state index in [9.17, 15) is 9.90 Å². The summed E-state index contributed by atoms with van der Waals surface area (Å²) in [6.07, 6.45) is 12.2. The molecular formula is C31H43NO4S. The van der Waals surface area contributed by atoms with Crippen LogP contribution in [0.5, 0.6) is 5.75 Å². The van der Waals surface area contributed by atoms with Crippen LogP contribution in [0.1, 0.15) is 66.2 Å². The quantitative estimate of drug-likeness (QED) is 0.359. The standard InChI is InChI=1S/C31H43NO4S/c1-19-14-29-28(13-6-21(3)31(29,34)17-30(19)36-22(4)33)20(2)18-32-23-7-8-24(32)16-27(15-23)37-26-11-9-25(35-5)10-12-26/h9-12,14,20-21,23-24,27-30,34H,6-8,13,15-16,18H2,1-5H3/t20-,21-,23?,24?,27?,28+,29-,30-,31-/m1/s1. The largest absolute Gasteiger partial charge is 0.497 e. The summed E-state index contributed by atoms with van der Waals surface area (Å²) in [4.78, 5) is 15.8. The normalized spacial score (nSPS) is 38.4. The van der Waals surface area contributed by atoms with E-state index in [-0.39, 0.29) is 17.8 Å². The van der Waals surface area contributed by atoms with Gasteiger partial charge in [-0.05, 0) is 93.0 Å². The fourth-order valence-corrected chi connectivity index (χ4v) is 8.86. The van der Waals surface area contributed by atoms with Crippen LogP contribution in [0, 0.1) is 30.1 Å². The molecule has 0 aromatic heterocycles. The highest BCUT2D eigenvalue weighted by Crippen LogP contribution is 2.51. The van der Waals surface area contributed by atoms with Gasteiger partial charge in [-0.1, -0.05) is 19.9 Å². The first-order valence-corrected chi connectivity index (χ1v) is 15.0. The second-order valence-corrected chi connectivity index (χ2v) is 13.4. The Kier molecular flexibility index (Phi) is 8.00. The Labute approximate surface area is 227 Å². The third kappa shape index (κ3) is 5.49. The van der Waals surface area contributed by atoms with E-state index in [2.05, 4.69) is 55.5 Å². The van der Waals surface area contributed by atoms with E-state index in [4.69, 9.17) is 9.47 Å².